The SMILES string of the molecule is COc1ccc(C(=O)N2CCN(C(=O)C(Br)=C(C)C)[C@@H](C)C2)cc1. The molecule has 0 saturated carbocycles. The zero-order valence-corrected chi connectivity index (χ0v) is 16.1. The Labute approximate surface area is 151 Å². The van der Waals surface area contributed by atoms with Gasteiger partial charge in [0.25, 0.3) is 11.8 Å². The highest BCUT2D eigenvalue weighted by Crippen LogP contribution is 2.21. The predicted octanol–water partition coefficient (Wildman–Crippen LogP) is 3.06. The van der Waals surface area contributed by atoms with Gasteiger partial charge in [-0.15, -0.1) is 0 Å². The molecule has 0 radical (unpaired) electrons. The van der Waals surface area contributed by atoms with Crippen molar-refractivity contribution in [2.75, 3.05) is 26.7 Å². The third kappa shape index (κ3) is 3.98. The van der Waals surface area contributed by atoms with Crippen LogP contribution >= 0.6 is 15.9 Å². The summed E-state index contributed by atoms with van der Waals surface area (Å²) >= 11 is 3.36. The molecule has 1 fully saturated rings. The number of piperazine rings is 1. The maximum atomic E-state index is 12.6. The average molecular weight is 395 g/mol. The maximum Gasteiger partial charge on any atom is 0.261 e. The third-order valence-corrected chi connectivity index (χ3v) is 5.27. The lowest BCUT2D eigenvalue weighted by Crippen LogP contribution is -2.55. The van der Waals surface area contributed by atoms with E-state index < -0.39 is 0 Å². The van der Waals surface area contributed by atoms with E-state index in [-0.39, 0.29) is 17.9 Å². The molecule has 24 heavy (non-hydrogen) atoms. The Bertz CT molecular complexity index is 651. The summed E-state index contributed by atoms with van der Waals surface area (Å²) < 4.78 is 5.72. The zero-order chi connectivity index (χ0) is 17.9. The number of methoxy groups -OCH3 is 1. The molecule has 1 saturated heterocycles. The monoisotopic (exact) mass is 394 g/mol. The van der Waals surface area contributed by atoms with Gasteiger partial charge in [0.1, 0.15) is 5.75 Å². The van der Waals surface area contributed by atoms with E-state index in [0.717, 1.165) is 11.3 Å². The number of hydrogen-bond donors (Lipinski definition) is 0. The van der Waals surface area contributed by atoms with Crippen LogP contribution in [0.15, 0.2) is 34.3 Å². The van der Waals surface area contributed by atoms with Gasteiger partial charge in [0.15, 0.2) is 0 Å². The molecule has 0 aromatic heterocycles. The van der Waals surface area contributed by atoms with Crippen molar-refractivity contribution in [2.45, 2.75) is 26.8 Å². The van der Waals surface area contributed by atoms with Crippen LogP contribution in [0.25, 0.3) is 0 Å². The Hall–Kier alpha value is -1.82. The molecule has 0 aliphatic carbocycles. The lowest BCUT2D eigenvalue weighted by molar-refractivity contribution is -0.130. The Morgan fingerprint density at radius 2 is 1.79 bits per heavy atom. The fourth-order valence-corrected chi connectivity index (χ4v) is 2.93. The molecular weight excluding hydrogens is 372 g/mol. The first-order valence-electron chi connectivity index (χ1n) is 7.92. The number of amides is 2. The van der Waals surface area contributed by atoms with Crippen molar-refractivity contribution in [3.8, 4) is 5.75 Å². The molecule has 2 rings (SSSR count). The molecule has 1 heterocycles. The predicted molar refractivity (Wildman–Crippen MR) is 97.4 cm³/mol. The zero-order valence-electron chi connectivity index (χ0n) is 14.5. The lowest BCUT2D eigenvalue weighted by Gasteiger charge is -2.40. The normalized spacial score (nSPS) is 17.5. The molecule has 5 nitrogen and oxygen atoms in total. The Morgan fingerprint density at radius 1 is 1.17 bits per heavy atom. The fraction of sp³-hybridized carbons (Fsp3) is 0.444. The summed E-state index contributed by atoms with van der Waals surface area (Å²) in [6.07, 6.45) is 0. The van der Waals surface area contributed by atoms with Crippen molar-refractivity contribution in [1.82, 2.24) is 9.80 Å². The standard InChI is InChI=1S/C18H23BrN2O3/c1-12(2)16(19)18(23)21-10-9-20(11-13(21)3)17(22)14-5-7-15(24-4)8-6-14/h5-8,13H,9-11H2,1-4H3/t13-/m0/s1. The quantitative estimate of drug-likeness (QED) is 0.740. The summed E-state index contributed by atoms with van der Waals surface area (Å²) in [7, 11) is 1.60. The van der Waals surface area contributed by atoms with Crippen LogP contribution < -0.4 is 4.74 Å². The third-order valence-electron chi connectivity index (χ3n) is 4.14. The van der Waals surface area contributed by atoms with Gasteiger partial charge in [-0.2, -0.15) is 0 Å². The van der Waals surface area contributed by atoms with Crippen LogP contribution in [0, 0.1) is 0 Å². The number of carbonyl (C=O) groups is 2. The minimum atomic E-state index is -0.0275. The van der Waals surface area contributed by atoms with Crippen molar-refractivity contribution in [1.29, 1.82) is 0 Å². The van der Waals surface area contributed by atoms with E-state index >= 15 is 0 Å². The van der Waals surface area contributed by atoms with Crippen molar-refractivity contribution in [2.24, 2.45) is 0 Å². The van der Waals surface area contributed by atoms with E-state index in [4.69, 9.17) is 4.74 Å². The van der Waals surface area contributed by atoms with Gasteiger partial charge in [-0.1, -0.05) is 5.57 Å². The number of allylic oxidation sites excluding steroid dienone is 1. The summed E-state index contributed by atoms with van der Waals surface area (Å²) in [6, 6.07) is 7.07. The Kier molecular flexibility index (Phi) is 6.04. The largest absolute Gasteiger partial charge is 0.497 e. The maximum absolute atomic E-state index is 12.6. The molecule has 0 unspecified atom stereocenters. The van der Waals surface area contributed by atoms with Crippen LogP contribution in [-0.2, 0) is 4.79 Å². The summed E-state index contributed by atoms with van der Waals surface area (Å²) in [5, 5.41) is 0. The van der Waals surface area contributed by atoms with E-state index in [0.29, 0.717) is 29.7 Å². The number of halogens is 1. The van der Waals surface area contributed by atoms with Gasteiger partial charge in [-0.25, -0.2) is 0 Å². The fourth-order valence-electron chi connectivity index (χ4n) is 2.70. The highest BCUT2D eigenvalue weighted by atomic mass is 79.9. The molecule has 6 heteroatoms. The molecule has 1 aromatic carbocycles. The Balaban J connectivity index is 2.05. The average Bonchev–Trinajstić information content (AvgIpc) is 2.59. The first-order valence-corrected chi connectivity index (χ1v) is 8.71. The molecule has 1 aromatic rings. The van der Waals surface area contributed by atoms with Gasteiger partial charge in [0.05, 0.1) is 11.6 Å². The highest BCUT2D eigenvalue weighted by Gasteiger charge is 2.31. The summed E-state index contributed by atoms with van der Waals surface area (Å²) in [5.74, 6) is 0.693. The van der Waals surface area contributed by atoms with Crippen LogP contribution in [0.1, 0.15) is 31.1 Å². The highest BCUT2D eigenvalue weighted by molar-refractivity contribution is 9.12. The topological polar surface area (TPSA) is 49.9 Å². The molecule has 1 atom stereocenters. The minimum absolute atomic E-state index is 0.0148. The van der Waals surface area contributed by atoms with Crippen LogP contribution in [0.4, 0.5) is 0 Å². The molecule has 0 spiro atoms. The first-order chi connectivity index (χ1) is 11.3. The van der Waals surface area contributed by atoms with Crippen molar-refractivity contribution >= 4 is 27.7 Å². The van der Waals surface area contributed by atoms with Crippen LogP contribution in [0.5, 0.6) is 5.75 Å². The van der Waals surface area contributed by atoms with Gasteiger partial charge in [0, 0.05) is 31.2 Å². The summed E-state index contributed by atoms with van der Waals surface area (Å²) in [6.45, 7) is 7.36. The molecular formula is C18H23BrN2O3. The minimum Gasteiger partial charge on any atom is -0.497 e. The van der Waals surface area contributed by atoms with E-state index in [1.165, 1.54) is 0 Å². The van der Waals surface area contributed by atoms with Crippen molar-refractivity contribution in [3.63, 3.8) is 0 Å². The van der Waals surface area contributed by atoms with E-state index in [1.807, 2.05) is 25.7 Å². The number of ether oxygens (including phenoxy) is 1. The van der Waals surface area contributed by atoms with Crippen molar-refractivity contribution in [3.05, 3.63) is 39.9 Å². The van der Waals surface area contributed by atoms with Gasteiger partial charge < -0.3 is 14.5 Å². The summed E-state index contributed by atoms with van der Waals surface area (Å²) in [5.41, 5.74) is 1.58. The molecule has 0 bridgehead atoms. The number of nitrogens with zero attached hydrogens (tertiary/aromatic N) is 2. The van der Waals surface area contributed by atoms with Crippen molar-refractivity contribution < 1.29 is 14.3 Å². The molecule has 0 N–H and O–H groups in total. The van der Waals surface area contributed by atoms with Gasteiger partial charge in [0.2, 0.25) is 0 Å². The number of hydrogen-bond acceptors (Lipinski definition) is 3. The van der Waals surface area contributed by atoms with Crippen LogP contribution in [0.3, 0.4) is 0 Å². The van der Waals surface area contributed by atoms with E-state index in [1.54, 1.807) is 36.3 Å². The second-order valence-corrected chi connectivity index (χ2v) is 6.93. The number of carbonyl (C=O) groups excluding carboxylic acids is 2. The molecule has 1 aliphatic rings. The van der Waals surface area contributed by atoms with Gasteiger partial charge in [-0.3, -0.25) is 9.59 Å². The lowest BCUT2D eigenvalue weighted by atomic mass is 10.1. The number of rotatable bonds is 3. The molecule has 130 valence electrons. The first kappa shape index (κ1) is 18.5. The smallest absolute Gasteiger partial charge is 0.261 e. The van der Waals surface area contributed by atoms with E-state index in [2.05, 4.69) is 15.9 Å². The van der Waals surface area contributed by atoms with Crippen LogP contribution in [-0.4, -0.2) is 54.4 Å². The van der Waals surface area contributed by atoms with Gasteiger partial charge >= 0.3 is 0 Å². The second-order valence-electron chi connectivity index (χ2n) is 6.14. The van der Waals surface area contributed by atoms with Crippen LogP contribution in [0.2, 0.25) is 0 Å². The Morgan fingerprint density at radius 3 is 2.29 bits per heavy atom. The molecule has 1 aliphatic heterocycles. The van der Waals surface area contributed by atoms with E-state index in [9.17, 15) is 9.59 Å². The number of benzene rings is 1. The van der Waals surface area contributed by atoms with Gasteiger partial charge in [-0.05, 0) is 61.0 Å². The summed E-state index contributed by atoms with van der Waals surface area (Å²) in [4.78, 5) is 28.7. The molecule has 2 amide bonds. The second kappa shape index (κ2) is 7.83.